The summed E-state index contributed by atoms with van der Waals surface area (Å²) in [5.41, 5.74) is 1.11. The summed E-state index contributed by atoms with van der Waals surface area (Å²) in [7, 11) is 0. The molecule has 0 bridgehead atoms. The summed E-state index contributed by atoms with van der Waals surface area (Å²) in [6, 6.07) is 14.3. The molecule has 0 radical (unpaired) electrons. The van der Waals surface area contributed by atoms with Crippen LogP contribution in [0.4, 0.5) is 4.79 Å². The third-order valence-electron chi connectivity index (χ3n) is 6.59. The zero-order valence-electron chi connectivity index (χ0n) is 20.0. The van der Waals surface area contributed by atoms with Crippen LogP contribution in [0.3, 0.4) is 0 Å². The van der Waals surface area contributed by atoms with E-state index in [-0.39, 0.29) is 23.7 Å². The van der Waals surface area contributed by atoms with Gasteiger partial charge in [0.05, 0.1) is 22.6 Å². The Morgan fingerprint density at radius 2 is 1.91 bits per heavy atom. The molecule has 1 N–H and O–H groups in total. The van der Waals surface area contributed by atoms with Crippen LogP contribution in [0.25, 0.3) is 16.6 Å². The van der Waals surface area contributed by atoms with Crippen LogP contribution < -0.4 is 10.9 Å². The molecule has 180 valence electrons. The van der Waals surface area contributed by atoms with Crippen molar-refractivity contribution in [1.82, 2.24) is 19.8 Å². The van der Waals surface area contributed by atoms with Crippen molar-refractivity contribution in [2.75, 3.05) is 6.54 Å². The molecule has 1 unspecified atom stereocenters. The van der Waals surface area contributed by atoms with E-state index in [9.17, 15) is 9.59 Å². The highest BCUT2D eigenvalue weighted by atomic mass is 35.5. The van der Waals surface area contributed by atoms with Crippen molar-refractivity contribution in [3.05, 3.63) is 69.7 Å². The molecule has 1 atom stereocenters. The Labute approximate surface area is 205 Å². The Kier molecular flexibility index (Phi) is 7.88. The lowest BCUT2D eigenvalue weighted by Crippen LogP contribution is -2.48. The van der Waals surface area contributed by atoms with E-state index >= 15 is 0 Å². The Bertz CT molecular complexity index is 1200. The Balaban J connectivity index is 1.83. The standard InChI is InChI=1S/C27H33ClN4O2/c1-3-17-31(27(34)29-20-12-6-5-7-13-20)24(4-2)25-30-23-16-9-8-15-22(23)26(33)32(25)21-14-10-11-19(28)18-21/h8-11,14-16,18,20,24H,3-7,12-13,17H2,1-2H3,(H,29,34). The fourth-order valence-corrected chi connectivity index (χ4v) is 5.11. The van der Waals surface area contributed by atoms with Gasteiger partial charge in [-0.05, 0) is 56.0 Å². The number of amides is 2. The highest BCUT2D eigenvalue weighted by molar-refractivity contribution is 6.30. The maximum absolute atomic E-state index is 13.7. The van der Waals surface area contributed by atoms with E-state index in [1.165, 1.54) is 6.42 Å². The molecule has 1 saturated carbocycles. The first-order valence-corrected chi connectivity index (χ1v) is 12.8. The zero-order chi connectivity index (χ0) is 24.1. The van der Waals surface area contributed by atoms with E-state index < -0.39 is 0 Å². The summed E-state index contributed by atoms with van der Waals surface area (Å²) in [6.45, 7) is 4.67. The van der Waals surface area contributed by atoms with Gasteiger partial charge in [0.2, 0.25) is 0 Å². The van der Waals surface area contributed by atoms with Crippen LogP contribution >= 0.6 is 11.6 Å². The van der Waals surface area contributed by atoms with Gasteiger partial charge in [0, 0.05) is 17.6 Å². The smallest absolute Gasteiger partial charge is 0.318 e. The summed E-state index contributed by atoms with van der Waals surface area (Å²) >= 11 is 6.29. The largest absolute Gasteiger partial charge is 0.335 e. The minimum Gasteiger partial charge on any atom is -0.335 e. The fraction of sp³-hybridized carbons (Fsp3) is 0.444. The first-order valence-electron chi connectivity index (χ1n) is 12.4. The van der Waals surface area contributed by atoms with Gasteiger partial charge in [0.1, 0.15) is 5.82 Å². The minimum atomic E-state index is -0.361. The molecule has 34 heavy (non-hydrogen) atoms. The predicted octanol–water partition coefficient (Wildman–Crippen LogP) is 6.24. The van der Waals surface area contributed by atoms with Crippen molar-refractivity contribution >= 4 is 28.5 Å². The molecule has 1 aliphatic rings. The third kappa shape index (κ3) is 5.12. The second-order valence-corrected chi connectivity index (χ2v) is 9.45. The molecule has 1 heterocycles. The van der Waals surface area contributed by atoms with Gasteiger partial charge in [0.25, 0.3) is 5.56 Å². The van der Waals surface area contributed by atoms with Crippen molar-refractivity contribution in [3.63, 3.8) is 0 Å². The zero-order valence-corrected chi connectivity index (χ0v) is 20.7. The average Bonchev–Trinajstić information content (AvgIpc) is 2.84. The second-order valence-electron chi connectivity index (χ2n) is 9.01. The summed E-state index contributed by atoms with van der Waals surface area (Å²) in [5.74, 6) is 0.556. The van der Waals surface area contributed by atoms with Crippen LogP contribution in [0, 0.1) is 0 Å². The fourth-order valence-electron chi connectivity index (χ4n) is 4.92. The lowest BCUT2D eigenvalue weighted by Gasteiger charge is -2.34. The molecule has 1 aromatic heterocycles. The number of urea groups is 1. The number of para-hydroxylation sites is 1. The highest BCUT2D eigenvalue weighted by Gasteiger charge is 2.30. The first kappa shape index (κ1) is 24.3. The second kappa shape index (κ2) is 11.0. The predicted molar refractivity (Wildman–Crippen MR) is 138 cm³/mol. The van der Waals surface area contributed by atoms with Gasteiger partial charge in [-0.1, -0.05) is 62.9 Å². The summed E-state index contributed by atoms with van der Waals surface area (Å²) < 4.78 is 1.62. The van der Waals surface area contributed by atoms with Crippen LogP contribution in [0.2, 0.25) is 5.02 Å². The molecule has 6 nitrogen and oxygen atoms in total. The Hall–Kier alpha value is -2.86. The molecule has 0 saturated heterocycles. The normalized spacial score (nSPS) is 15.3. The van der Waals surface area contributed by atoms with Gasteiger partial charge >= 0.3 is 6.03 Å². The molecule has 1 fully saturated rings. The minimum absolute atomic E-state index is 0.0827. The molecular weight excluding hydrogens is 448 g/mol. The highest BCUT2D eigenvalue weighted by Crippen LogP contribution is 2.28. The number of halogens is 1. The van der Waals surface area contributed by atoms with Gasteiger partial charge < -0.3 is 10.2 Å². The number of carbonyl (C=O) groups excluding carboxylic acids is 1. The Morgan fingerprint density at radius 1 is 1.15 bits per heavy atom. The van der Waals surface area contributed by atoms with Gasteiger partial charge in [-0.2, -0.15) is 0 Å². The van der Waals surface area contributed by atoms with Crippen molar-refractivity contribution in [2.24, 2.45) is 0 Å². The van der Waals surface area contributed by atoms with E-state index in [1.54, 1.807) is 22.8 Å². The monoisotopic (exact) mass is 480 g/mol. The van der Waals surface area contributed by atoms with Gasteiger partial charge in [-0.15, -0.1) is 0 Å². The molecule has 4 rings (SSSR count). The van der Waals surface area contributed by atoms with E-state index in [1.807, 2.05) is 42.2 Å². The number of carbonyl (C=O) groups is 1. The number of nitrogens with one attached hydrogen (secondary N) is 1. The number of benzene rings is 2. The van der Waals surface area contributed by atoms with Crippen molar-refractivity contribution in [1.29, 1.82) is 0 Å². The molecular formula is C27H33ClN4O2. The summed E-state index contributed by atoms with van der Waals surface area (Å²) in [5, 5.41) is 4.33. The molecule has 2 aromatic carbocycles. The van der Waals surface area contributed by atoms with Crippen molar-refractivity contribution in [2.45, 2.75) is 70.9 Å². The molecule has 1 aliphatic carbocycles. The maximum Gasteiger partial charge on any atom is 0.318 e. The molecule has 2 amide bonds. The summed E-state index contributed by atoms with van der Waals surface area (Å²) in [4.78, 5) is 34.0. The van der Waals surface area contributed by atoms with Gasteiger partial charge in [0.15, 0.2) is 0 Å². The number of rotatable bonds is 7. The van der Waals surface area contributed by atoms with Gasteiger partial charge in [-0.25, -0.2) is 9.78 Å². The summed E-state index contributed by atoms with van der Waals surface area (Å²) in [6.07, 6.45) is 7.00. The topological polar surface area (TPSA) is 67.2 Å². The van der Waals surface area contributed by atoms with E-state index in [4.69, 9.17) is 16.6 Å². The van der Waals surface area contributed by atoms with Crippen LogP contribution in [0.5, 0.6) is 0 Å². The number of fused-ring (bicyclic) bond motifs is 1. The molecule has 0 aliphatic heterocycles. The van der Waals surface area contributed by atoms with Crippen molar-refractivity contribution in [3.8, 4) is 5.69 Å². The van der Waals surface area contributed by atoms with Crippen molar-refractivity contribution < 1.29 is 4.79 Å². The average molecular weight is 481 g/mol. The number of nitrogens with zero attached hydrogens (tertiary/aromatic N) is 3. The quantitative estimate of drug-likeness (QED) is 0.435. The van der Waals surface area contributed by atoms with Crippen LogP contribution in [0.15, 0.2) is 53.3 Å². The lowest BCUT2D eigenvalue weighted by atomic mass is 9.96. The molecule has 3 aromatic rings. The van der Waals surface area contributed by atoms with Crippen LogP contribution in [-0.2, 0) is 0 Å². The SMILES string of the molecule is CCCN(C(=O)NC1CCCCC1)C(CC)c1nc2ccccc2c(=O)n1-c1cccc(Cl)c1. The van der Waals surface area contributed by atoms with Gasteiger partial charge in [-0.3, -0.25) is 9.36 Å². The van der Waals surface area contributed by atoms with E-state index in [0.29, 0.717) is 40.4 Å². The number of hydrogen-bond donors (Lipinski definition) is 1. The molecule has 7 heteroatoms. The Morgan fingerprint density at radius 3 is 2.62 bits per heavy atom. The number of hydrogen-bond acceptors (Lipinski definition) is 3. The number of aromatic nitrogens is 2. The maximum atomic E-state index is 13.7. The third-order valence-corrected chi connectivity index (χ3v) is 6.82. The lowest BCUT2D eigenvalue weighted by molar-refractivity contribution is 0.161. The van der Waals surface area contributed by atoms with Crippen LogP contribution in [-0.4, -0.2) is 33.1 Å². The molecule has 0 spiro atoms. The first-order chi connectivity index (χ1) is 16.5. The van der Waals surface area contributed by atoms with Crippen LogP contribution in [0.1, 0.15) is 70.7 Å². The van der Waals surface area contributed by atoms with E-state index in [0.717, 1.165) is 32.1 Å². The van der Waals surface area contributed by atoms with E-state index in [2.05, 4.69) is 12.2 Å².